The van der Waals surface area contributed by atoms with Gasteiger partial charge in [0.15, 0.2) is 5.69 Å². The molecule has 88 valence electrons. The summed E-state index contributed by atoms with van der Waals surface area (Å²) in [6.07, 6.45) is 0. The van der Waals surface area contributed by atoms with E-state index in [2.05, 4.69) is 20.9 Å². The summed E-state index contributed by atoms with van der Waals surface area (Å²) in [6, 6.07) is 5.73. The quantitative estimate of drug-likeness (QED) is 0.893. The molecule has 0 saturated carbocycles. The molecule has 0 radical (unpaired) electrons. The number of carbonyl (C=O) groups is 1. The van der Waals surface area contributed by atoms with Crippen molar-refractivity contribution in [3.8, 4) is 10.6 Å². The molecule has 0 fully saturated rings. The van der Waals surface area contributed by atoms with Crippen LogP contribution in [0.4, 0.5) is 5.00 Å². The molecule has 0 saturated heterocycles. The second kappa shape index (κ2) is 4.46. The lowest BCUT2D eigenvalue weighted by Crippen LogP contribution is -2.00. The maximum atomic E-state index is 10.9. The van der Waals surface area contributed by atoms with E-state index in [4.69, 9.17) is 10.8 Å². The fourth-order valence-corrected chi connectivity index (χ4v) is 2.86. The zero-order valence-electron chi connectivity index (χ0n) is 8.90. The maximum absolute atomic E-state index is 10.9. The van der Waals surface area contributed by atoms with Gasteiger partial charge in [-0.05, 0) is 24.6 Å². The standard InChI is InChI=1S/C11H9BrN2O2S/c1-5-4-6(12)2-3-7(5)10-14-8(11(15)16)9(13)17-10/h2-4H,13H2,1H3,(H,15,16). The molecule has 17 heavy (non-hydrogen) atoms. The Morgan fingerprint density at radius 2 is 2.24 bits per heavy atom. The summed E-state index contributed by atoms with van der Waals surface area (Å²) in [5, 5.41) is 9.76. The van der Waals surface area contributed by atoms with E-state index < -0.39 is 5.97 Å². The van der Waals surface area contributed by atoms with Gasteiger partial charge in [-0.3, -0.25) is 0 Å². The minimum Gasteiger partial charge on any atom is -0.476 e. The van der Waals surface area contributed by atoms with Crippen molar-refractivity contribution in [2.75, 3.05) is 5.73 Å². The molecule has 0 aliphatic heterocycles. The van der Waals surface area contributed by atoms with Crippen molar-refractivity contribution in [3.05, 3.63) is 33.9 Å². The predicted molar refractivity (Wildman–Crippen MR) is 71.4 cm³/mol. The van der Waals surface area contributed by atoms with Crippen LogP contribution in [0, 0.1) is 6.92 Å². The molecule has 2 rings (SSSR count). The SMILES string of the molecule is Cc1cc(Br)ccc1-c1nc(C(=O)O)c(N)s1. The van der Waals surface area contributed by atoms with Gasteiger partial charge in [-0.25, -0.2) is 9.78 Å². The number of aryl methyl sites for hydroxylation is 1. The zero-order valence-corrected chi connectivity index (χ0v) is 11.3. The van der Waals surface area contributed by atoms with Crippen LogP contribution in [0.25, 0.3) is 10.6 Å². The number of carboxylic acids is 1. The second-order valence-electron chi connectivity index (χ2n) is 3.50. The lowest BCUT2D eigenvalue weighted by Gasteiger charge is -2.01. The van der Waals surface area contributed by atoms with Gasteiger partial charge in [0.05, 0.1) is 0 Å². The van der Waals surface area contributed by atoms with Crippen molar-refractivity contribution in [2.45, 2.75) is 6.92 Å². The summed E-state index contributed by atoms with van der Waals surface area (Å²) in [7, 11) is 0. The molecular formula is C11H9BrN2O2S. The third-order valence-electron chi connectivity index (χ3n) is 2.27. The largest absolute Gasteiger partial charge is 0.476 e. The molecule has 2 aromatic rings. The van der Waals surface area contributed by atoms with E-state index in [-0.39, 0.29) is 10.7 Å². The monoisotopic (exact) mass is 312 g/mol. The Morgan fingerprint density at radius 1 is 1.53 bits per heavy atom. The normalized spacial score (nSPS) is 10.5. The lowest BCUT2D eigenvalue weighted by atomic mass is 10.1. The number of nitrogens with two attached hydrogens (primary N) is 1. The van der Waals surface area contributed by atoms with Crippen molar-refractivity contribution >= 4 is 38.2 Å². The topological polar surface area (TPSA) is 76.2 Å². The number of carboxylic acid groups (broad SMARTS) is 1. The first-order chi connectivity index (χ1) is 7.99. The summed E-state index contributed by atoms with van der Waals surface area (Å²) in [5.74, 6) is -1.10. The van der Waals surface area contributed by atoms with Gasteiger partial charge in [-0.1, -0.05) is 33.3 Å². The number of benzene rings is 1. The Kier molecular flexibility index (Phi) is 3.17. The molecule has 6 heteroatoms. The summed E-state index contributed by atoms with van der Waals surface area (Å²) < 4.78 is 0.974. The van der Waals surface area contributed by atoms with Crippen LogP contribution in [0.3, 0.4) is 0 Å². The van der Waals surface area contributed by atoms with Gasteiger partial charge in [-0.15, -0.1) is 0 Å². The minimum atomic E-state index is -1.10. The van der Waals surface area contributed by atoms with Gasteiger partial charge in [0.1, 0.15) is 10.0 Å². The average Bonchev–Trinajstić information content (AvgIpc) is 2.60. The molecule has 0 bridgehead atoms. The molecule has 3 N–H and O–H groups in total. The highest BCUT2D eigenvalue weighted by atomic mass is 79.9. The van der Waals surface area contributed by atoms with Gasteiger partial charge < -0.3 is 10.8 Å². The third kappa shape index (κ3) is 2.32. The van der Waals surface area contributed by atoms with Crippen LogP contribution in [0.5, 0.6) is 0 Å². The van der Waals surface area contributed by atoms with Gasteiger partial charge in [0.2, 0.25) is 0 Å². The summed E-state index contributed by atoms with van der Waals surface area (Å²) in [4.78, 5) is 14.9. The van der Waals surface area contributed by atoms with E-state index in [1.54, 1.807) is 0 Å². The van der Waals surface area contributed by atoms with E-state index in [0.29, 0.717) is 5.01 Å². The number of anilines is 1. The lowest BCUT2D eigenvalue weighted by molar-refractivity contribution is 0.0692. The van der Waals surface area contributed by atoms with E-state index in [9.17, 15) is 4.79 Å². The molecule has 1 aromatic heterocycles. The van der Waals surface area contributed by atoms with Crippen LogP contribution < -0.4 is 5.73 Å². The molecule has 0 spiro atoms. The van der Waals surface area contributed by atoms with Crippen molar-refractivity contribution in [3.63, 3.8) is 0 Å². The first-order valence-electron chi connectivity index (χ1n) is 4.75. The fraction of sp³-hybridized carbons (Fsp3) is 0.0909. The summed E-state index contributed by atoms with van der Waals surface area (Å²) >= 11 is 4.56. The average molecular weight is 313 g/mol. The molecule has 0 unspecified atom stereocenters. The van der Waals surface area contributed by atoms with E-state index >= 15 is 0 Å². The van der Waals surface area contributed by atoms with Gasteiger partial charge in [0.25, 0.3) is 0 Å². The number of aromatic nitrogens is 1. The molecular weight excluding hydrogens is 304 g/mol. The highest BCUT2D eigenvalue weighted by Gasteiger charge is 2.16. The smallest absolute Gasteiger partial charge is 0.357 e. The summed E-state index contributed by atoms with van der Waals surface area (Å²) in [5.41, 5.74) is 7.47. The van der Waals surface area contributed by atoms with Crippen molar-refractivity contribution in [1.82, 2.24) is 4.98 Å². The number of halogens is 1. The number of nitrogen functional groups attached to an aromatic ring is 1. The first-order valence-corrected chi connectivity index (χ1v) is 6.36. The molecule has 0 aliphatic carbocycles. The number of thiazole rings is 1. The maximum Gasteiger partial charge on any atom is 0.357 e. The van der Waals surface area contributed by atoms with Crippen molar-refractivity contribution < 1.29 is 9.90 Å². The van der Waals surface area contributed by atoms with E-state index in [1.807, 2.05) is 25.1 Å². The second-order valence-corrected chi connectivity index (χ2v) is 5.44. The van der Waals surface area contributed by atoms with Gasteiger partial charge in [-0.2, -0.15) is 0 Å². The first kappa shape index (κ1) is 12.1. The highest BCUT2D eigenvalue weighted by Crippen LogP contribution is 2.32. The number of aromatic carboxylic acids is 1. The Labute approximate surface area is 110 Å². The van der Waals surface area contributed by atoms with Crippen LogP contribution in [-0.4, -0.2) is 16.1 Å². The minimum absolute atomic E-state index is 0.0766. The number of hydrogen-bond acceptors (Lipinski definition) is 4. The zero-order chi connectivity index (χ0) is 12.6. The van der Waals surface area contributed by atoms with E-state index in [0.717, 1.165) is 15.6 Å². The Balaban J connectivity index is 2.53. The number of rotatable bonds is 2. The Morgan fingerprint density at radius 3 is 2.76 bits per heavy atom. The van der Waals surface area contributed by atoms with Crippen LogP contribution in [0.15, 0.2) is 22.7 Å². The number of hydrogen-bond donors (Lipinski definition) is 2. The molecule has 4 nitrogen and oxygen atoms in total. The molecule has 0 atom stereocenters. The molecule has 1 heterocycles. The third-order valence-corrected chi connectivity index (χ3v) is 3.69. The molecule has 0 aliphatic rings. The summed E-state index contributed by atoms with van der Waals surface area (Å²) in [6.45, 7) is 1.94. The molecule has 0 amide bonds. The van der Waals surface area contributed by atoms with Crippen LogP contribution in [0.2, 0.25) is 0 Å². The van der Waals surface area contributed by atoms with E-state index in [1.165, 1.54) is 11.3 Å². The van der Waals surface area contributed by atoms with Crippen LogP contribution in [-0.2, 0) is 0 Å². The van der Waals surface area contributed by atoms with Gasteiger partial charge in [0, 0.05) is 10.0 Å². The Bertz CT molecular complexity index is 595. The number of nitrogens with zero attached hydrogens (tertiary/aromatic N) is 1. The fourth-order valence-electron chi connectivity index (χ4n) is 1.47. The predicted octanol–water partition coefficient (Wildman–Crippen LogP) is 3.16. The molecule has 1 aromatic carbocycles. The highest BCUT2D eigenvalue weighted by molar-refractivity contribution is 9.10. The van der Waals surface area contributed by atoms with Crippen LogP contribution >= 0.6 is 27.3 Å². The Hall–Kier alpha value is -1.40. The van der Waals surface area contributed by atoms with Crippen molar-refractivity contribution in [1.29, 1.82) is 0 Å². The van der Waals surface area contributed by atoms with Crippen LogP contribution in [0.1, 0.15) is 16.1 Å². The van der Waals surface area contributed by atoms with Gasteiger partial charge >= 0.3 is 5.97 Å². The van der Waals surface area contributed by atoms with Crippen molar-refractivity contribution in [2.24, 2.45) is 0 Å².